The van der Waals surface area contributed by atoms with E-state index in [1.807, 2.05) is 73.5 Å². The van der Waals surface area contributed by atoms with Crippen molar-refractivity contribution in [2.45, 2.75) is 26.8 Å². The van der Waals surface area contributed by atoms with Crippen molar-refractivity contribution >= 4 is 34.3 Å². The Kier molecular flexibility index (Phi) is 4.59. The number of rotatable bonds is 4. The smallest absolute Gasteiger partial charge is 0.270 e. The third kappa shape index (κ3) is 3.21. The number of hydrogen-bond donors (Lipinski definition) is 0. The number of aromatic nitrogens is 1. The van der Waals surface area contributed by atoms with Crippen molar-refractivity contribution in [2.75, 3.05) is 4.90 Å². The van der Waals surface area contributed by atoms with Gasteiger partial charge >= 0.3 is 0 Å². The van der Waals surface area contributed by atoms with E-state index in [4.69, 9.17) is 0 Å². The highest BCUT2D eigenvalue weighted by Gasteiger charge is 2.25. The Hall–Kier alpha value is -1.98. The van der Waals surface area contributed by atoms with Crippen LogP contribution in [0.25, 0.3) is 9.88 Å². The fourth-order valence-corrected chi connectivity index (χ4v) is 4.25. The summed E-state index contributed by atoms with van der Waals surface area (Å²) in [6.45, 7) is 5.97. The van der Waals surface area contributed by atoms with Crippen LogP contribution in [0.3, 0.4) is 0 Å². The predicted octanol–water partition coefficient (Wildman–Crippen LogP) is 5.24. The Morgan fingerprint density at radius 3 is 2.48 bits per heavy atom. The lowest BCUT2D eigenvalue weighted by Crippen LogP contribution is -2.36. The summed E-state index contributed by atoms with van der Waals surface area (Å²) in [4.78, 5) is 21.3. The topological polar surface area (TPSA) is 33.2 Å². The van der Waals surface area contributed by atoms with Crippen LogP contribution in [-0.2, 0) is 0 Å². The maximum absolute atomic E-state index is 13.1. The van der Waals surface area contributed by atoms with Crippen LogP contribution in [-0.4, -0.2) is 16.9 Å². The van der Waals surface area contributed by atoms with Gasteiger partial charge in [-0.1, -0.05) is 24.3 Å². The molecule has 0 spiro atoms. The summed E-state index contributed by atoms with van der Waals surface area (Å²) in [5, 5.41) is 2.94. The molecule has 5 heteroatoms. The van der Waals surface area contributed by atoms with Gasteiger partial charge in [-0.15, -0.1) is 22.7 Å². The number of nitrogens with zero attached hydrogens (tertiary/aromatic N) is 2. The number of hydrogen-bond acceptors (Lipinski definition) is 4. The van der Waals surface area contributed by atoms with Crippen molar-refractivity contribution < 1.29 is 4.79 Å². The number of anilines is 1. The fourth-order valence-electron chi connectivity index (χ4n) is 2.45. The van der Waals surface area contributed by atoms with Crippen LogP contribution in [0.1, 0.15) is 29.2 Å². The van der Waals surface area contributed by atoms with Gasteiger partial charge in [0.05, 0.1) is 10.6 Å². The molecule has 0 unspecified atom stereocenters. The van der Waals surface area contributed by atoms with Gasteiger partial charge in [-0.05, 0) is 44.4 Å². The number of benzene rings is 1. The van der Waals surface area contributed by atoms with E-state index in [0.29, 0.717) is 4.88 Å². The lowest BCUT2D eigenvalue weighted by molar-refractivity contribution is 0.0983. The van der Waals surface area contributed by atoms with Gasteiger partial charge in [-0.3, -0.25) is 4.79 Å². The van der Waals surface area contributed by atoms with Crippen molar-refractivity contribution in [3.8, 4) is 9.88 Å². The highest BCUT2D eigenvalue weighted by atomic mass is 32.1. The molecule has 0 aliphatic carbocycles. The van der Waals surface area contributed by atoms with Crippen molar-refractivity contribution in [3.05, 3.63) is 58.4 Å². The van der Waals surface area contributed by atoms with Gasteiger partial charge in [0.15, 0.2) is 0 Å². The Morgan fingerprint density at radius 2 is 1.87 bits per heavy atom. The summed E-state index contributed by atoms with van der Waals surface area (Å²) >= 11 is 3.12. The van der Waals surface area contributed by atoms with Crippen LogP contribution in [0.4, 0.5) is 5.69 Å². The number of carbonyl (C=O) groups is 1. The summed E-state index contributed by atoms with van der Waals surface area (Å²) < 4.78 is 0. The van der Waals surface area contributed by atoms with Crippen LogP contribution in [0.2, 0.25) is 0 Å². The van der Waals surface area contributed by atoms with E-state index in [-0.39, 0.29) is 11.9 Å². The summed E-state index contributed by atoms with van der Waals surface area (Å²) in [5.74, 6) is 0.0176. The van der Waals surface area contributed by atoms with E-state index < -0.39 is 0 Å². The standard InChI is InChI=1S/C18H18N2OS2/c1-12(2)20(14-8-5-4-6-9-14)18(21)16-13(3)19-17(23-16)15-10-7-11-22-15/h4-12H,1-3H3. The molecule has 0 aliphatic heterocycles. The molecule has 1 amide bonds. The number of para-hydroxylation sites is 1. The van der Waals surface area contributed by atoms with Crippen molar-refractivity contribution in [1.29, 1.82) is 0 Å². The number of carbonyl (C=O) groups excluding carboxylic acids is 1. The lowest BCUT2D eigenvalue weighted by atomic mass is 10.2. The largest absolute Gasteiger partial charge is 0.305 e. The highest BCUT2D eigenvalue weighted by molar-refractivity contribution is 7.22. The molecule has 1 aromatic carbocycles. The number of aryl methyl sites for hydroxylation is 1. The molecule has 0 fully saturated rings. The van der Waals surface area contributed by atoms with Gasteiger partial charge in [-0.2, -0.15) is 0 Å². The predicted molar refractivity (Wildman–Crippen MR) is 98.6 cm³/mol. The monoisotopic (exact) mass is 342 g/mol. The van der Waals surface area contributed by atoms with E-state index in [0.717, 1.165) is 21.3 Å². The molecule has 118 valence electrons. The summed E-state index contributed by atoms with van der Waals surface area (Å²) in [7, 11) is 0. The van der Waals surface area contributed by atoms with Crippen molar-refractivity contribution in [2.24, 2.45) is 0 Å². The molecule has 3 nitrogen and oxygen atoms in total. The number of thiophene rings is 1. The van der Waals surface area contributed by atoms with Gasteiger partial charge in [0.1, 0.15) is 9.88 Å². The Bertz CT molecular complexity index is 792. The van der Waals surface area contributed by atoms with Crippen molar-refractivity contribution in [3.63, 3.8) is 0 Å². The second kappa shape index (κ2) is 6.64. The minimum atomic E-state index is 0.0176. The van der Waals surface area contributed by atoms with Gasteiger partial charge in [0, 0.05) is 11.7 Å². The summed E-state index contributed by atoms with van der Waals surface area (Å²) in [6, 6.07) is 13.9. The molecule has 2 heterocycles. The Balaban J connectivity index is 1.98. The molecule has 3 aromatic rings. The molecule has 0 radical (unpaired) electrons. The zero-order valence-corrected chi connectivity index (χ0v) is 14.9. The molecule has 0 N–H and O–H groups in total. The van der Waals surface area contributed by atoms with E-state index in [1.165, 1.54) is 11.3 Å². The fraction of sp³-hybridized carbons (Fsp3) is 0.222. The zero-order chi connectivity index (χ0) is 16.4. The maximum Gasteiger partial charge on any atom is 0.270 e. The quantitative estimate of drug-likeness (QED) is 0.650. The molecule has 2 aromatic heterocycles. The third-order valence-electron chi connectivity index (χ3n) is 3.49. The van der Waals surface area contributed by atoms with Crippen LogP contribution < -0.4 is 4.90 Å². The van der Waals surface area contributed by atoms with E-state index in [9.17, 15) is 4.79 Å². The van der Waals surface area contributed by atoms with Gasteiger partial charge in [0.25, 0.3) is 5.91 Å². The number of thiazole rings is 1. The molecular formula is C18H18N2OS2. The molecule has 0 saturated carbocycles. The lowest BCUT2D eigenvalue weighted by Gasteiger charge is -2.26. The minimum Gasteiger partial charge on any atom is -0.305 e. The van der Waals surface area contributed by atoms with Crippen LogP contribution >= 0.6 is 22.7 Å². The molecule has 0 bridgehead atoms. The molecular weight excluding hydrogens is 324 g/mol. The van der Waals surface area contributed by atoms with E-state index >= 15 is 0 Å². The van der Waals surface area contributed by atoms with Crippen LogP contribution in [0.15, 0.2) is 47.8 Å². The average molecular weight is 342 g/mol. The molecule has 3 rings (SSSR count). The van der Waals surface area contributed by atoms with Gasteiger partial charge in [0.2, 0.25) is 0 Å². The van der Waals surface area contributed by atoms with Crippen molar-refractivity contribution in [1.82, 2.24) is 4.98 Å². The molecule has 0 atom stereocenters. The second-order valence-electron chi connectivity index (χ2n) is 5.52. The highest BCUT2D eigenvalue weighted by Crippen LogP contribution is 2.32. The first-order valence-electron chi connectivity index (χ1n) is 7.48. The van der Waals surface area contributed by atoms with Gasteiger partial charge in [-0.25, -0.2) is 4.98 Å². The minimum absolute atomic E-state index is 0.0176. The second-order valence-corrected chi connectivity index (χ2v) is 7.46. The van der Waals surface area contributed by atoms with Crippen LogP contribution in [0, 0.1) is 6.92 Å². The summed E-state index contributed by atoms with van der Waals surface area (Å²) in [5.41, 5.74) is 1.71. The van der Waals surface area contributed by atoms with E-state index in [2.05, 4.69) is 4.98 Å². The van der Waals surface area contributed by atoms with Gasteiger partial charge < -0.3 is 4.90 Å². The first-order chi connectivity index (χ1) is 11.1. The van der Waals surface area contributed by atoms with E-state index in [1.54, 1.807) is 11.3 Å². The first-order valence-corrected chi connectivity index (χ1v) is 9.17. The Labute approximate surface area is 144 Å². The number of amides is 1. The summed E-state index contributed by atoms with van der Waals surface area (Å²) in [6.07, 6.45) is 0. The molecule has 0 saturated heterocycles. The Morgan fingerprint density at radius 1 is 1.13 bits per heavy atom. The zero-order valence-electron chi connectivity index (χ0n) is 13.3. The molecule has 0 aliphatic rings. The average Bonchev–Trinajstić information content (AvgIpc) is 3.17. The third-order valence-corrected chi connectivity index (χ3v) is 5.68. The maximum atomic E-state index is 13.1. The SMILES string of the molecule is Cc1nc(-c2cccs2)sc1C(=O)N(c1ccccc1)C(C)C. The first kappa shape index (κ1) is 15.9. The normalized spacial score (nSPS) is 11.0. The molecule has 23 heavy (non-hydrogen) atoms. The van der Waals surface area contributed by atoms with Crippen LogP contribution in [0.5, 0.6) is 0 Å².